The smallest absolute Gasteiger partial charge is 0.220 e. The molecule has 0 radical (unpaired) electrons. The van der Waals surface area contributed by atoms with Crippen LogP contribution in [0.3, 0.4) is 0 Å². The van der Waals surface area contributed by atoms with Crippen molar-refractivity contribution in [2.45, 2.75) is 17.7 Å². The Morgan fingerprint density at radius 2 is 2.12 bits per heavy atom. The third-order valence-electron chi connectivity index (χ3n) is 2.00. The predicted molar refractivity (Wildman–Crippen MR) is 72.7 cm³/mol. The normalized spacial score (nSPS) is 9.65. The zero-order chi connectivity index (χ0) is 12.5. The largest absolute Gasteiger partial charge is 0.343 e. The molecule has 0 saturated heterocycles. The van der Waals surface area contributed by atoms with Gasteiger partial charge in [-0.1, -0.05) is 15.9 Å². The van der Waals surface area contributed by atoms with Crippen LogP contribution >= 0.6 is 27.7 Å². The summed E-state index contributed by atoms with van der Waals surface area (Å²) in [4.78, 5) is 12.4. The summed E-state index contributed by atoms with van der Waals surface area (Å²) in [5, 5.41) is 10.8. The van der Waals surface area contributed by atoms with Gasteiger partial charge >= 0.3 is 0 Å². The molecule has 1 N–H and O–H groups in total. The number of hydrogen-bond acceptors (Lipinski definition) is 3. The number of benzene rings is 1. The molecule has 0 bridgehead atoms. The van der Waals surface area contributed by atoms with Gasteiger partial charge in [-0.15, -0.1) is 11.8 Å². The zero-order valence-corrected chi connectivity index (χ0v) is 11.7. The minimum absolute atomic E-state index is 0.0528. The Morgan fingerprint density at radius 1 is 1.41 bits per heavy atom. The molecule has 1 rings (SSSR count). The first-order valence-electron chi connectivity index (χ1n) is 5.24. The first kappa shape index (κ1) is 14.1. The second kappa shape index (κ2) is 8.15. The second-order valence-electron chi connectivity index (χ2n) is 3.34. The molecule has 0 aromatic heterocycles. The third-order valence-corrected chi connectivity index (χ3v) is 3.62. The summed E-state index contributed by atoms with van der Waals surface area (Å²) in [6, 6.07) is 9.97. The average molecular weight is 313 g/mol. The molecule has 0 heterocycles. The number of nitrogens with one attached hydrogen (secondary N) is 1. The van der Waals surface area contributed by atoms with Crippen molar-refractivity contribution in [3.05, 3.63) is 28.7 Å². The summed E-state index contributed by atoms with van der Waals surface area (Å²) in [5.74, 6) is 0.852. The highest BCUT2D eigenvalue weighted by Crippen LogP contribution is 2.21. The van der Waals surface area contributed by atoms with Crippen LogP contribution in [-0.4, -0.2) is 18.2 Å². The maximum atomic E-state index is 11.2. The van der Waals surface area contributed by atoms with E-state index in [-0.39, 0.29) is 12.5 Å². The van der Waals surface area contributed by atoms with Gasteiger partial charge in [-0.05, 0) is 36.4 Å². The lowest BCUT2D eigenvalue weighted by molar-refractivity contribution is -0.120. The highest BCUT2D eigenvalue weighted by atomic mass is 79.9. The van der Waals surface area contributed by atoms with Crippen molar-refractivity contribution in [1.82, 2.24) is 5.32 Å². The van der Waals surface area contributed by atoms with Crippen LogP contribution in [0, 0.1) is 11.3 Å². The minimum Gasteiger partial charge on any atom is -0.343 e. The first-order valence-corrected chi connectivity index (χ1v) is 7.02. The van der Waals surface area contributed by atoms with Gasteiger partial charge in [0.15, 0.2) is 0 Å². The van der Waals surface area contributed by atoms with E-state index < -0.39 is 0 Å². The molecule has 1 amide bonds. The number of carbonyl (C=O) groups is 1. The van der Waals surface area contributed by atoms with Crippen molar-refractivity contribution in [1.29, 1.82) is 5.26 Å². The fourth-order valence-electron chi connectivity index (χ4n) is 1.18. The predicted octanol–water partition coefficient (Wildman–Crippen LogP) is 2.96. The van der Waals surface area contributed by atoms with E-state index in [2.05, 4.69) is 21.2 Å². The number of amides is 1. The Balaban J connectivity index is 2.14. The fraction of sp³-hybridized carbons (Fsp3) is 0.333. The average Bonchev–Trinajstić information content (AvgIpc) is 2.34. The van der Waals surface area contributed by atoms with Crippen molar-refractivity contribution in [3.8, 4) is 6.07 Å². The van der Waals surface area contributed by atoms with E-state index in [9.17, 15) is 4.79 Å². The molecule has 0 saturated carbocycles. The first-order chi connectivity index (χ1) is 8.22. The molecule has 0 aliphatic heterocycles. The molecule has 3 nitrogen and oxygen atoms in total. The van der Waals surface area contributed by atoms with Gasteiger partial charge in [0, 0.05) is 15.8 Å². The molecule has 5 heteroatoms. The van der Waals surface area contributed by atoms with Crippen molar-refractivity contribution in [2.75, 3.05) is 12.3 Å². The molecule has 1 aromatic rings. The molecule has 0 spiro atoms. The molecule has 0 fully saturated rings. The van der Waals surface area contributed by atoms with Crippen LogP contribution in [-0.2, 0) is 4.79 Å². The highest BCUT2D eigenvalue weighted by molar-refractivity contribution is 9.10. The summed E-state index contributed by atoms with van der Waals surface area (Å²) >= 11 is 5.11. The Kier molecular flexibility index (Phi) is 6.75. The molecule has 0 atom stereocenters. The molecular formula is C12H13BrN2OS. The summed E-state index contributed by atoms with van der Waals surface area (Å²) in [6.45, 7) is 0.0959. The van der Waals surface area contributed by atoms with Crippen LogP contribution in [0.15, 0.2) is 33.6 Å². The third kappa shape index (κ3) is 6.35. The molecule has 1 aromatic carbocycles. The Morgan fingerprint density at radius 3 is 2.76 bits per heavy atom. The van der Waals surface area contributed by atoms with E-state index in [1.54, 1.807) is 11.8 Å². The van der Waals surface area contributed by atoms with E-state index >= 15 is 0 Å². The fourth-order valence-corrected chi connectivity index (χ4v) is 2.30. The summed E-state index contributed by atoms with van der Waals surface area (Å²) in [5.41, 5.74) is 0. The lowest BCUT2D eigenvalue weighted by Gasteiger charge is -2.02. The van der Waals surface area contributed by atoms with Gasteiger partial charge in [0.2, 0.25) is 5.91 Å². The minimum atomic E-state index is -0.0528. The maximum absolute atomic E-state index is 11.2. The van der Waals surface area contributed by atoms with Crippen molar-refractivity contribution >= 4 is 33.6 Å². The molecule has 0 unspecified atom stereocenters. The monoisotopic (exact) mass is 312 g/mol. The van der Waals surface area contributed by atoms with Crippen molar-refractivity contribution < 1.29 is 4.79 Å². The van der Waals surface area contributed by atoms with E-state index in [0.717, 1.165) is 16.6 Å². The Labute approximate surface area is 114 Å². The molecule has 17 heavy (non-hydrogen) atoms. The second-order valence-corrected chi connectivity index (χ2v) is 5.42. The summed E-state index contributed by atoms with van der Waals surface area (Å²) < 4.78 is 1.07. The molecule has 0 aliphatic rings. The van der Waals surface area contributed by atoms with E-state index in [1.807, 2.05) is 30.3 Å². The van der Waals surface area contributed by atoms with Gasteiger partial charge < -0.3 is 5.32 Å². The van der Waals surface area contributed by atoms with Gasteiger partial charge in [0.25, 0.3) is 0 Å². The molecular weight excluding hydrogens is 300 g/mol. The molecule has 90 valence electrons. The van der Waals surface area contributed by atoms with Crippen LogP contribution in [0.2, 0.25) is 0 Å². The van der Waals surface area contributed by atoms with Gasteiger partial charge in [-0.2, -0.15) is 5.26 Å². The van der Waals surface area contributed by atoms with Crippen LogP contribution in [0.4, 0.5) is 0 Å². The lowest BCUT2D eigenvalue weighted by atomic mass is 10.3. The number of hydrogen-bond donors (Lipinski definition) is 1. The van der Waals surface area contributed by atoms with E-state index in [0.29, 0.717) is 6.42 Å². The number of nitrogens with zero attached hydrogens (tertiary/aromatic N) is 1. The quantitative estimate of drug-likeness (QED) is 0.499. The maximum Gasteiger partial charge on any atom is 0.220 e. The van der Waals surface area contributed by atoms with E-state index in [4.69, 9.17) is 5.26 Å². The topological polar surface area (TPSA) is 52.9 Å². The SMILES string of the molecule is N#CCNC(=O)CCCSc1ccc(Br)cc1. The summed E-state index contributed by atoms with van der Waals surface area (Å²) in [7, 11) is 0. The van der Waals surface area contributed by atoms with Gasteiger partial charge in [-0.25, -0.2) is 0 Å². The number of rotatable bonds is 6. The van der Waals surface area contributed by atoms with Crippen LogP contribution in [0.5, 0.6) is 0 Å². The number of carbonyl (C=O) groups excluding carboxylic acids is 1. The van der Waals surface area contributed by atoms with Crippen LogP contribution in [0.25, 0.3) is 0 Å². The Bertz CT molecular complexity index is 400. The zero-order valence-electron chi connectivity index (χ0n) is 9.28. The van der Waals surface area contributed by atoms with Crippen LogP contribution in [0.1, 0.15) is 12.8 Å². The van der Waals surface area contributed by atoms with Crippen molar-refractivity contribution in [3.63, 3.8) is 0 Å². The van der Waals surface area contributed by atoms with E-state index in [1.165, 1.54) is 4.90 Å². The highest BCUT2D eigenvalue weighted by Gasteiger charge is 2.00. The summed E-state index contributed by atoms with van der Waals surface area (Å²) in [6.07, 6.45) is 1.29. The van der Waals surface area contributed by atoms with Crippen LogP contribution < -0.4 is 5.32 Å². The van der Waals surface area contributed by atoms with Gasteiger partial charge in [-0.3, -0.25) is 4.79 Å². The molecule has 0 aliphatic carbocycles. The van der Waals surface area contributed by atoms with Gasteiger partial charge in [0.1, 0.15) is 6.54 Å². The Hall–Kier alpha value is -0.990. The lowest BCUT2D eigenvalue weighted by Crippen LogP contribution is -2.23. The number of halogens is 1. The number of thioether (sulfide) groups is 1. The standard InChI is InChI=1S/C12H13BrN2OS/c13-10-3-5-11(6-4-10)17-9-1-2-12(16)15-8-7-14/h3-6H,1-2,8-9H2,(H,15,16). The van der Waals surface area contributed by atoms with Crippen molar-refractivity contribution in [2.24, 2.45) is 0 Å². The number of nitriles is 1. The van der Waals surface area contributed by atoms with Gasteiger partial charge in [0.05, 0.1) is 6.07 Å².